The van der Waals surface area contributed by atoms with E-state index in [9.17, 15) is 13.5 Å². The highest BCUT2D eigenvalue weighted by Crippen LogP contribution is 2.36. The Labute approximate surface area is 103 Å². The van der Waals surface area contributed by atoms with Crippen LogP contribution < -0.4 is 5.14 Å². The van der Waals surface area contributed by atoms with Crippen LogP contribution in [0.15, 0.2) is 34.5 Å². The maximum absolute atomic E-state index is 11.2. The molecular weight excluding hydrogens is 258 g/mol. The van der Waals surface area contributed by atoms with Crippen molar-refractivity contribution in [2.75, 3.05) is 0 Å². The Morgan fingerprint density at radius 1 is 1.24 bits per heavy atom. The molecule has 0 radical (unpaired) electrons. The van der Waals surface area contributed by atoms with E-state index in [-0.39, 0.29) is 9.96 Å². The molecule has 0 aliphatic carbocycles. The van der Waals surface area contributed by atoms with Gasteiger partial charge in [-0.15, -0.1) is 11.3 Å². The van der Waals surface area contributed by atoms with Crippen LogP contribution in [0.5, 0.6) is 5.75 Å². The SMILES string of the molecule is Cc1cccc(-c2ccc(S(N)(=O)=O)s2)c1O. The summed E-state index contributed by atoms with van der Waals surface area (Å²) in [4.78, 5) is 0.676. The molecule has 0 fully saturated rings. The first-order chi connectivity index (χ1) is 7.89. The summed E-state index contributed by atoms with van der Waals surface area (Å²) in [6.45, 7) is 1.78. The van der Waals surface area contributed by atoms with Crippen LogP contribution in [-0.4, -0.2) is 13.5 Å². The van der Waals surface area contributed by atoms with Crippen LogP contribution in [0.4, 0.5) is 0 Å². The van der Waals surface area contributed by atoms with Crippen LogP contribution in [0, 0.1) is 6.92 Å². The summed E-state index contributed by atoms with van der Waals surface area (Å²) in [5.41, 5.74) is 1.36. The Bertz CT molecular complexity index is 659. The molecular formula is C11H11NO3S2. The number of rotatable bonds is 2. The topological polar surface area (TPSA) is 80.4 Å². The lowest BCUT2D eigenvalue weighted by molar-refractivity contribution is 0.473. The molecule has 3 N–H and O–H groups in total. The summed E-state index contributed by atoms with van der Waals surface area (Å²) in [5, 5.41) is 14.9. The number of aromatic hydroxyl groups is 1. The molecule has 0 aliphatic heterocycles. The minimum Gasteiger partial charge on any atom is -0.507 e. The molecule has 4 nitrogen and oxygen atoms in total. The Hall–Kier alpha value is -1.37. The molecule has 90 valence electrons. The zero-order chi connectivity index (χ0) is 12.6. The number of para-hydroxylation sites is 1. The minimum atomic E-state index is -3.68. The van der Waals surface area contributed by atoms with Gasteiger partial charge in [0.25, 0.3) is 0 Å². The number of sulfonamides is 1. The first-order valence-corrected chi connectivity index (χ1v) is 7.17. The van der Waals surface area contributed by atoms with Crippen molar-refractivity contribution in [3.8, 4) is 16.2 Å². The van der Waals surface area contributed by atoms with Crippen molar-refractivity contribution in [1.29, 1.82) is 0 Å². The third-order valence-corrected chi connectivity index (χ3v) is 4.92. The molecule has 0 unspecified atom stereocenters. The number of benzene rings is 1. The molecule has 17 heavy (non-hydrogen) atoms. The van der Waals surface area contributed by atoms with Crippen LogP contribution in [0.3, 0.4) is 0 Å². The summed E-state index contributed by atoms with van der Waals surface area (Å²) < 4.78 is 22.4. The van der Waals surface area contributed by atoms with E-state index >= 15 is 0 Å². The fourth-order valence-corrected chi connectivity index (χ4v) is 3.23. The van der Waals surface area contributed by atoms with Crippen molar-refractivity contribution in [2.45, 2.75) is 11.1 Å². The summed E-state index contributed by atoms with van der Waals surface area (Å²) in [5.74, 6) is 0.162. The van der Waals surface area contributed by atoms with Gasteiger partial charge >= 0.3 is 0 Å². The largest absolute Gasteiger partial charge is 0.507 e. The number of thiophene rings is 1. The number of hydrogen-bond acceptors (Lipinski definition) is 4. The van der Waals surface area contributed by atoms with Crippen LogP contribution in [0.2, 0.25) is 0 Å². The van der Waals surface area contributed by atoms with E-state index in [0.717, 1.165) is 16.9 Å². The Morgan fingerprint density at radius 2 is 1.94 bits per heavy atom. The highest BCUT2D eigenvalue weighted by molar-refractivity contribution is 7.91. The van der Waals surface area contributed by atoms with Gasteiger partial charge in [-0.2, -0.15) is 0 Å². The average molecular weight is 269 g/mol. The van der Waals surface area contributed by atoms with E-state index in [2.05, 4.69) is 0 Å². The molecule has 1 heterocycles. The fourth-order valence-electron chi connectivity index (χ4n) is 1.48. The second-order valence-electron chi connectivity index (χ2n) is 3.63. The molecule has 6 heteroatoms. The van der Waals surface area contributed by atoms with Crippen LogP contribution in [0.25, 0.3) is 10.4 Å². The van der Waals surface area contributed by atoms with Crippen LogP contribution >= 0.6 is 11.3 Å². The number of phenolic OH excluding ortho intramolecular Hbond substituents is 1. The van der Waals surface area contributed by atoms with Crippen molar-refractivity contribution in [1.82, 2.24) is 0 Å². The highest BCUT2D eigenvalue weighted by Gasteiger charge is 2.14. The zero-order valence-electron chi connectivity index (χ0n) is 9.04. The van der Waals surface area contributed by atoms with Gasteiger partial charge in [0.05, 0.1) is 0 Å². The third kappa shape index (κ3) is 2.33. The number of aryl methyl sites for hydroxylation is 1. The number of nitrogens with two attached hydrogens (primary N) is 1. The maximum Gasteiger partial charge on any atom is 0.247 e. The molecule has 1 aromatic carbocycles. The number of phenols is 1. The molecule has 0 saturated heterocycles. The van der Waals surface area contributed by atoms with Gasteiger partial charge in [0, 0.05) is 10.4 Å². The third-order valence-electron chi connectivity index (χ3n) is 2.36. The Morgan fingerprint density at radius 3 is 2.53 bits per heavy atom. The van der Waals surface area contributed by atoms with Gasteiger partial charge in [0.15, 0.2) is 0 Å². The molecule has 2 rings (SSSR count). The van der Waals surface area contributed by atoms with E-state index < -0.39 is 10.0 Å². The molecule has 2 aromatic rings. The lowest BCUT2D eigenvalue weighted by atomic mass is 10.1. The van der Waals surface area contributed by atoms with Crippen LogP contribution in [-0.2, 0) is 10.0 Å². The molecule has 1 aromatic heterocycles. The van der Waals surface area contributed by atoms with Crippen molar-refractivity contribution in [3.05, 3.63) is 35.9 Å². The second kappa shape index (κ2) is 4.14. The number of hydrogen-bond donors (Lipinski definition) is 2. The van der Waals surface area contributed by atoms with E-state index in [1.54, 1.807) is 31.2 Å². The van der Waals surface area contributed by atoms with Gasteiger partial charge in [-0.1, -0.05) is 12.1 Å². The predicted molar refractivity (Wildman–Crippen MR) is 67.5 cm³/mol. The summed E-state index contributed by atoms with van der Waals surface area (Å²) in [6, 6.07) is 8.41. The summed E-state index contributed by atoms with van der Waals surface area (Å²) >= 11 is 1.04. The minimum absolute atomic E-state index is 0.0911. The lowest BCUT2D eigenvalue weighted by Gasteiger charge is -2.04. The highest BCUT2D eigenvalue weighted by atomic mass is 32.2. The molecule has 0 spiro atoms. The molecule has 0 bridgehead atoms. The lowest BCUT2D eigenvalue weighted by Crippen LogP contribution is -2.09. The molecule has 0 aliphatic rings. The standard InChI is InChI=1S/C11H11NO3S2/c1-7-3-2-4-8(11(7)13)9-5-6-10(16-9)17(12,14)15/h2-6,13H,1H3,(H2,12,14,15). The van der Waals surface area contributed by atoms with Crippen molar-refractivity contribution in [2.24, 2.45) is 5.14 Å². The summed E-state index contributed by atoms with van der Waals surface area (Å²) in [6.07, 6.45) is 0. The second-order valence-corrected chi connectivity index (χ2v) is 6.51. The van der Waals surface area contributed by atoms with Crippen LogP contribution in [0.1, 0.15) is 5.56 Å². The van der Waals surface area contributed by atoms with Gasteiger partial charge in [0.1, 0.15) is 9.96 Å². The first kappa shape index (κ1) is 12.1. The van der Waals surface area contributed by atoms with Crippen molar-refractivity contribution in [3.63, 3.8) is 0 Å². The van der Waals surface area contributed by atoms with Gasteiger partial charge < -0.3 is 5.11 Å². The molecule has 0 amide bonds. The Kier molecular flexibility index (Phi) is 2.94. The van der Waals surface area contributed by atoms with E-state index in [4.69, 9.17) is 5.14 Å². The predicted octanol–water partition coefficient (Wildman–Crippen LogP) is 2.08. The maximum atomic E-state index is 11.2. The smallest absolute Gasteiger partial charge is 0.247 e. The van der Waals surface area contributed by atoms with Gasteiger partial charge in [-0.3, -0.25) is 0 Å². The van der Waals surface area contributed by atoms with Gasteiger partial charge in [0.2, 0.25) is 10.0 Å². The van der Waals surface area contributed by atoms with Gasteiger partial charge in [-0.05, 0) is 30.7 Å². The van der Waals surface area contributed by atoms with Crippen molar-refractivity contribution < 1.29 is 13.5 Å². The van der Waals surface area contributed by atoms with E-state index in [1.165, 1.54) is 6.07 Å². The average Bonchev–Trinajstić information content (AvgIpc) is 2.70. The summed E-state index contributed by atoms with van der Waals surface area (Å²) in [7, 11) is -3.68. The van der Waals surface area contributed by atoms with Crippen molar-refractivity contribution >= 4 is 21.4 Å². The quantitative estimate of drug-likeness (QED) is 0.875. The molecule has 0 atom stereocenters. The Balaban J connectivity index is 2.55. The van der Waals surface area contributed by atoms with Gasteiger partial charge in [-0.25, -0.2) is 13.6 Å². The van der Waals surface area contributed by atoms with E-state index in [1.807, 2.05) is 0 Å². The normalized spacial score (nSPS) is 11.6. The van der Waals surface area contributed by atoms with E-state index in [0.29, 0.717) is 10.4 Å². The first-order valence-electron chi connectivity index (χ1n) is 4.81. The molecule has 0 saturated carbocycles. The zero-order valence-corrected chi connectivity index (χ0v) is 10.7. The monoisotopic (exact) mass is 269 g/mol. The number of primary sulfonamides is 1. The fraction of sp³-hybridized carbons (Fsp3) is 0.0909.